The maximum Gasteiger partial charge on any atom is 0.280 e. The number of carbonyl (C=O) groups excluding carboxylic acids is 2. The van der Waals surface area contributed by atoms with E-state index in [-0.39, 0.29) is 23.2 Å². The molecule has 0 spiro atoms. The van der Waals surface area contributed by atoms with Gasteiger partial charge >= 0.3 is 0 Å². The molecular weight excluding hydrogens is 525 g/mol. The van der Waals surface area contributed by atoms with Gasteiger partial charge in [-0.25, -0.2) is 9.37 Å². The van der Waals surface area contributed by atoms with Gasteiger partial charge in [-0.3, -0.25) is 9.59 Å². The van der Waals surface area contributed by atoms with Crippen LogP contribution in [0.1, 0.15) is 25.0 Å². The Kier molecular flexibility index (Phi) is 7.93. The van der Waals surface area contributed by atoms with Crippen molar-refractivity contribution in [1.82, 2.24) is 19.3 Å². The maximum absolute atomic E-state index is 13.4. The van der Waals surface area contributed by atoms with Gasteiger partial charge < -0.3 is 15.5 Å². The molecule has 2 amide bonds. The number of nitrogens with one attached hydrogen (secondary N) is 3. The van der Waals surface area contributed by atoms with Gasteiger partial charge in [0.05, 0.1) is 5.02 Å². The van der Waals surface area contributed by atoms with Crippen molar-refractivity contribution in [2.45, 2.75) is 37.4 Å². The van der Waals surface area contributed by atoms with E-state index in [0.29, 0.717) is 31.6 Å². The van der Waals surface area contributed by atoms with E-state index in [0.717, 1.165) is 16.1 Å². The number of nitrogens with zero attached hydrogens (tertiary/aromatic N) is 4. The summed E-state index contributed by atoms with van der Waals surface area (Å²) in [6.07, 6.45) is 2.70. The highest BCUT2D eigenvalue weighted by Crippen LogP contribution is 2.24. The summed E-state index contributed by atoms with van der Waals surface area (Å²) >= 11 is 5.76. The Hall–Kier alpha value is -3.31. The number of likely N-dealkylation sites (N-methyl/N-ethyl adjacent to an activating group) is 1. The summed E-state index contributed by atoms with van der Waals surface area (Å²) < 4.78 is 41.9. The summed E-state index contributed by atoms with van der Waals surface area (Å²) in [6, 6.07) is 6.64. The standard InChI is InChI=1S/C23H25ClFN7O4S/c1-31-21(23(34)29-15-2-3-19(25)18(24)11-15)12-20(30-37(31,35)36)22(33)28-14-5-8-32(9-6-14)17-4-7-27-16(10-17)13-26/h2-4,7,10-11,14,20-21,30H,5-6,8-9,12H2,1H3,(H,28,33)(H,29,34). The van der Waals surface area contributed by atoms with Gasteiger partial charge in [0.1, 0.15) is 29.7 Å². The Labute approximate surface area is 218 Å². The lowest BCUT2D eigenvalue weighted by molar-refractivity contribution is -0.125. The Balaban J connectivity index is 1.37. The smallest absolute Gasteiger partial charge is 0.280 e. The molecule has 4 rings (SSSR count). The van der Waals surface area contributed by atoms with Crippen LogP contribution in [-0.4, -0.2) is 67.8 Å². The Bertz CT molecular complexity index is 1340. The number of amides is 2. The monoisotopic (exact) mass is 549 g/mol. The van der Waals surface area contributed by atoms with Gasteiger partial charge in [-0.15, -0.1) is 0 Å². The molecule has 11 nitrogen and oxygen atoms in total. The van der Waals surface area contributed by atoms with Crippen LogP contribution in [0.25, 0.3) is 0 Å². The summed E-state index contributed by atoms with van der Waals surface area (Å²) in [4.78, 5) is 32.0. The van der Waals surface area contributed by atoms with Crippen LogP contribution in [0, 0.1) is 17.1 Å². The quantitative estimate of drug-likeness (QED) is 0.510. The second-order valence-corrected chi connectivity index (χ2v) is 11.0. The Morgan fingerprint density at radius 3 is 2.62 bits per heavy atom. The van der Waals surface area contributed by atoms with Crippen molar-refractivity contribution in [3.05, 3.63) is 53.1 Å². The molecule has 14 heteroatoms. The van der Waals surface area contributed by atoms with Crippen LogP contribution >= 0.6 is 11.6 Å². The average Bonchev–Trinajstić information content (AvgIpc) is 2.88. The van der Waals surface area contributed by atoms with Gasteiger partial charge in [0.15, 0.2) is 0 Å². The predicted molar refractivity (Wildman–Crippen MR) is 134 cm³/mol. The molecule has 37 heavy (non-hydrogen) atoms. The minimum Gasteiger partial charge on any atom is -0.371 e. The number of halogens is 2. The third-order valence-corrected chi connectivity index (χ3v) is 8.32. The van der Waals surface area contributed by atoms with Crippen molar-refractivity contribution >= 4 is 45.0 Å². The van der Waals surface area contributed by atoms with Gasteiger partial charge in [0.25, 0.3) is 10.2 Å². The largest absolute Gasteiger partial charge is 0.371 e. The molecule has 2 aromatic rings. The molecule has 196 valence electrons. The zero-order chi connectivity index (χ0) is 26.7. The molecule has 2 aliphatic heterocycles. The van der Waals surface area contributed by atoms with E-state index in [4.69, 9.17) is 16.9 Å². The second-order valence-electron chi connectivity index (χ2n) is 8.84. The first kappa shape index (κ1) is 26.7. The Morgan fingerprint density at radius 2 is 1.95 bits per heavy atom. The van der Waals surface area contributed by atoms with Crippen LogP contribution in [0.15, 0.2) is 36.5 Å². The highest BCUT2D eigenvalue weighted by atomic mass is 35.5. The molecule has 1 aromatic carbocycles. The number of aromatic nitrogens is 1. The van der Waals surface area contributed by atoms with Gasteiger partial charge in [0.2, 0.25) is 11.8 Å². The summed E-state index contributed by atoms with van der Waals surface area (Å²) in [5.74, 6) is -1.85. The lowest BCUT2D eigenvalue weighted by Crippen LogP contribution is -2.63. The Morgan fingerprint density at radius 1 is 1.22 bits per heavy atom. The van der Waals surface area contributed by atoms with Crippen LogP contribution in [0.3, 0.4) is 0 Å². The average molecular weight is 550 g/mol. The fourth-order valence-electron chi connectivity index (χ4n) is 4.34. The molecule has 0 aliphatic carbocycles. The van der Waals surface area contributed by atoms with Crippen LogP contribution in [0.4, 0.5) is 15.8 Å². The fourth-order valence-corrected chi connectivity index (χ4v) is 5.77. The van der Waals surface area contributed by atoms with E-state index in [1.165, 1.54) is 19.2 Å². The summed E-state index contributed by atoms with van der Waals surface area (Å²) in [7, 11) is -2.87. The minimum absolute atomic E-state index is 0.102. The molecule has 2 atom stereocenters. The van der Waals surface area contributed by atoms with Crippen molar-refractivity contribution in [3.63, 3.8) is 0 Å². The van der Waals surface area contributed by atoms with Crippen LogP contribution in [0.5, 0.6) is 0 Å². The normalized spacial score (nSPS) is 22.2. The summed E-state index contributed by atoms with van der Waals surface area (Å²) in [5, 5.41) is 14.3. The second kappa shape index (κ2) is 11.0. The van der Waals surface area contributed by atoms with Gasteiger partial charge in [0, 0.05) is 43.8 Å². The molecule has 3 heterocycles. The summed E-state index contributed by atoms with van der Waals surface area (Å²) in [6.45, 7) is 1.26. The van der Waals surface area contributed by atoms with E-state index in [9.17, 15) is 22.4 Å². The van der Waals surface area contributed by atoms with Gasteiger partial charge in [-0.1, -0.05) is 11.6 Å². The number of hydrogen-bond acceptors (Lipinski definition) is 7. The van der Waals surface area contributed by atoms with Crippen molar-refractivity contribution < 1.29 is 22.4 Å². The number of benzene rings is 1. The van der Waals surface area contributed by atoms with Crippen molar-refractivity contribution in [2.24, 2.45) is 0 Å². The topological polar surface area (TPSA) is 148 Å². The predicted octanol–water partition coefficient (Wildman–Crippen LogP) is 1.38. The van der Waals surface area contributed by atoms with E-state index in [1.54, 1.807) is 12.3 Å². The molecular formula is C23H25ClFN7O4S. The molecule has 2 unspecified atom stereocenters. The lowest BCUT2D eigenvalue weighted by Gasteiger charge is -2.37. The molecule has 2 aliphatic rings. The fraction of sp³-hybridized carbons (Fsp3) is 0.391. The lowest BCUT2D eigenvalue weighted by atomic mass is 10.0. The number of pyridine rings is 1. The van der Waals surface area contributed by atoms with Crippen molar-refractivity contribution in [3.8, 4) is 6.07 Å². The molecule has 0 bridgehead atoms. The first-order valence-electron chi connectivity index (χ1n) is 11.5. The van der Waals surface area contributed by atoms with Gasteiger partial charge in [-0.2, -0.15) is 22.7 Å². The zero-order valence-corrected chi connectivity index (χ0v) is 21.4. The zero-order valence-electron chi connectivity index (χ0n) is 19.8. The number of rotatable bonds is 5. The molecule has 2 fully saturated rings. The molecule has 0 radical (unpaired) electrons. The number of hydrogen-bond donors (Lipinski definition) is 3. The van der Waals surface area contributed by atoms with Crippen LogP contribution < -0.4 is 20.3 Å². The molecule has 0 saturated carbocycles. The van der Waals surface area contributed by atoms with E-state index >= 15 is 0 Å². The van der Waals surface area contributed by atoms with Gasteiger partial charge in [-0.05, 0) is 49.6 Å². The number of anilines is 2. The van der Waals surface area contributed by atoms with Crippen LogP contribution in [0.2, 0.25) is 5.02 Å². The molecule has 1 aromatic heterocycles. The number of nitriles is 1. The van der Waals surface area contributed by atoms with Crippen LogP contribution in [-0.2, 0) is 19.8 Å². The molecule has 2 saturated heterocycles. The first-order chi connectivity index (χ1) is 17.6. The maximum atomic E-state index is 13.4. The number of piperidine rings is 1. The number of carbonyl (C=O) groups is 2. The SMILES string of the molecule is CN1C(C(=O)Nc2ccc(F)c(Cl)c2)CC(C(=O)NC2CCN(c3ccnc(C#N)c3)CC2)NS1(=O)=O. The third kappa shape index (κ3) is 6.16. The minimum atomic E-state index is -4.11. The van der Waals surface area contributed by atoms with Crippen molar-refractivity contribution in [1.29, 1.82) is 5.26 Å². The van der Waals surface area contributed by atoms with E-state index in [2.05, 4.69) is 25.2 Å². The molecule has 3 N–H and O–H groups in total. The van der Waals surface area contributed by atoms with Crippen molar-refractivity contribution in [2.75, 3.05) is 30.4 Å². The third-order valence-electron chi connectivity index (χ3n) is 6.44. The van der Waals surface area contributed by atoms with E-state index in [1.807, 2.05) is 12.1 Å². The van der Waals surface area contributed by atoms with E-state index < -0.39 is 39.9 Å². The highest BCUT2D eigenvalue weighted by molar-refractivity contribution is 7.87. The highest BCUT2D eigenvalue weighted by Gasteiger charge is 2.43. The summed E-state index contributed by atoms with van der Waals surface area (Å²) in [5.41, 5.74) is 1.39. The first-order valence-corrected chi connectivity index (χ1v) is 13.3.